The number of rotatable bonds is 3. The van der Waals surface area contributed by atoms with Crippen molar-refractivity contribution >= 4 is 35.1 Å². The van der Waals surface area contributed by atoms with Crippen molar-refractivity contribution in [1.82, 2.24) is 0 Å². The molecule has 2 heterocycles. The predicted octanol–water partition coefficient (Wildman–Crippen LogP) is 3.71. The summed E-state index contributed by atoms with van der Waals surface area (Å²) in [5.74, 6) is -1.53. The predicted molar refractivity (Wildman–Crippen MR) is 95.2 cm³/mol. The minimum absolute atomic E-state index is 0.0530. The van der Waals surface area contributed by atoms with E-state index in [1.54, 1.807) is 41.8 Å². The van der Waals surface area contributed by atoms with Crippen molar-refractivity contribution < 1.29 is 22.9 Å². The second kappa shape index (κ2) is 6.49. The van der Waals surface area contributed by atoms with E-state index < -0.39 is 22.9 Å². The Morgan fingerprint density at radius 1 is 1.08 bits per heavy atom. The summed E-state index contributed by atoms with van der Waals surface area (Å²) in [4.78, 5) is 26.9. The van der Waals surface area contributed by atoms with E-state index in [4.69, 9.17) is 0 Å². The van der Waals surface area contributed by atoms with Crippen LogP contribution in [0.5, 0.6) is 0 Å². The highest BCUT2D eigenvalue weighted by molar-refractivity contribution is 8.04. The van der Waals surface area contributed by atoms with Gasteiger partial charge < -0.3 is 0 Å². The van der Waals surface area contributed by atoms with E-state index in [1.807, 2.05) is 0 Å². The Balaban J connectivity index is 1.80. The number of benzene rings is 2. The fraction of sp³-hybridized carbons (Fsp3) is 0.105. The van der Waals surface area contributed by atoms with Gasteiger partial charge in [-0.2, -0.15) is 9.37 Å². The average Bonchev–Trinajstić information content (AvgIpc) is 3.12. The molecular formula is C19H13F2N2O2S+. The zero-order chi connectivity index (χ0) is 18.3. The molecule has 2 aliphatic heterocycles. The summed E-state index contributed by atoms with van der Waals surface area (Å²) in [6, 6.07) is 11.1. The molecule has 4 rings (SSSR count). The van der Waals surface area contributed by atoms with Crippen molar-refractivity contribution in [2.45, 2.75) is 11.8 Å². The number of nitrogens with zero attached hydrogens (tertiary/aromatic N) is 2. The number of para-hydroxylation sites is 1. The smallest absolute Gasteiger partial charge is 0.244 e. The van der Waals surface area contributed by atoms with Crippen molar-refractivity contribution in [3.05, 3.63) is 77.2 Å². The number of hydrogen-bond donors (Lipinski definition) is 0. The molecule has 0 bridgehead atoms. The third kappa shape index (κ3) is 2.74. The summed E-state index contributed by atoms with van der Waals surface area (Å²) in [7, 11) is 0. The molecule has 7 heteroatoms. The molecule has 1 unspecified atom stereocenters. The number of anilines is 1. The molecule has 0 saturated carbocycles. The zero-order valence-electron chi connectivity index (χ0n) is 13.4. The number of hydrogen-bond acceptors (Lipinski definition) is 3. The quantitative estimate of drug-likeness (QED) is 0.773. The van der Waals surface area contributed by atoms with E-state index in [0.717, 1.165) is 23.1 Å². The molecule has 2 aliphatic rings. The average molecular weight is 371 g/mol. The monoisotopic (exact) mass is 371 g/mol. The summed E-state index contributed by atoms with van der Waals surface area (Å²) < 4.78 is 28.9. The second-order valence-corrected chi connectivity index (χ2v) is 6.87. The first kappa shape index (κ1) is 16.7. The van der Waals surface area contributed by atoms with Crippen LogP contribution in [-0.4, -0.2) is 27.5 Å². The zero-order valence-corrected chi connectivity index (χ0v) is 14.2. The van der Waals surface area contributed by atoms with Gasteiger partial charge in [0, 0.05) is 5.56 Å². The number of thioether (sulfide) groups is 1. The van der Waals surface area contributed by atoms with Gasteiger partial charge in [0.2, 0.25) is 0 Å². The number of carbonyl (C=O) groups excluding carboxylic acids is 2. The molecule has 4 nitrogen and oxygen atoms in total. The number of allylic oxidation sites excluding steroid dienone is 1. The summed E-state index contributed by atoms with van der Waals surface area (Å²) in [5.41, 5.74) is 0.983. The highest BCUT2D eigenvalue weighted by Gasteiger charge is 2.50. The molecular weight excluding hydrogens is 358 g/mol. The topological polar surface area (TPSA) is 40.4 Å². The van der Waals surface area contributed by atoms with Crippen LogP contribution in [-0.2, 0) is 11.3 Å². The lowest BCUT2D eigenvalue weighted by atomic mass is 10.1. The van der Waals surface area contributed by atoms with Gasteiger partial charge in [-0.1, -0.05) is 18.2 Å². The van der Waals surface area contributed by atoms with Gasteiger partial charge in [-0.3, -0.25) is 0 Å². The second-order valence-electron chi connectivity index (χ2n) is 5.86. The molecule has 0 N–H and O–H groups in total. The molecule has 0 radical (unpaired) electrons. The number of amides is 3. The van der Waals surface area contributed by atoms with E-state index in [2.05, 4.69) is 0 Å². The summed E-state index contributed by atoms with van der Waals surface area (Å²) >= 11 is 1.29. The van der Waals surface area contributed by atoms with E-state index in [1.165, 1.54) is 16.3 Å². The molecule has 0 aliphatic carbocycles. The first-order valence-corrected chi connectivity index (χ1v) is 8.84. The highest BCUT2D eigenvalue weighted by Crippen LogP contribution is 2.31. The minimum atomic E-state index is -0.603. The molecule has 2 aromatic rings. The Hall–Kier alpha value is -2.80. The van der Waals surface area contributed by atoms with E-state index in [9.17, 15) is 18.4 Å². The van der Waals surface area contributed by atoms with E-state index in [-0.39, 0.29) is 18.0 Å². The van der Waals surface area contributed by atoms with E-state index in [0.29, 0.717) is 11.4 Å². The molecule has 3 amide bonds. The Kier molecular flexibility index (Phi) is 4.16. The van der Waals surface area contributed by atoms with Crippen LogP contribution in [0.25, 0.3) is 0 Å². The maximum atomic E-state index is 14.1. The summed E-state index contributed by atoms with van der Waals surface area (Å²) in [6.07, 6.45) is 1.67. The molecule has 26 heavy (non-hydrogen) atoms. The summed E-state index contributed by atoms with van der Waals surface area (Å²) in [5, 5.41) is 1.15. The Morgan fingerprint density at radius 2 is 1.85 bits per heavy atom. The number of carbonyl (C=O) groups is 2. The molecule has 0 saturated heterocycles. The third-order valence-corrected chi connectivity index (χ3v) is 5.26. The van der Waals surface area contributed by atoms with Gasteiger partial charge in [0.1, 0.15) is 29.6 Å². The van der Waals surface area contributed by atoms with Gasteiger partial charge in [0.25, 0.3) is 0 Å². The first-order valence-electron chi connectivity index (χ1n) is 7.89. The van der Waals surface area contributed by atoms with Gasteiger partial charge in [-0.15, -0.1) is 16.7 Å². The van der Waals surface area contributed by atoms with Crippen molar-refractivity contribution in [1.29, 1.82) is 0 Å². The third-order valence-electron chi connectivity index (χ3n) is 4.25. The standard InChI is InChI=1S/C19H13F2N2O2S/c20-13-6-7-15(21)12(10-13)11-22-16-8-9-26-17(16)18(24)23(19(22)25)14-4-2-1-3-5-14/h1-10,17H,11H2/q+1. The van der Waals surface area contributed by atoms with Gasteiger partial charge in [-0.05, 0) is 41.8 Å². The van der Waals surface area contributed by atoms with Crippen molar-refractivity contribution in [2.24, 2.45) is 0 Å². The van der Waals surface area contributed by atoms with Crippen LogP contribution in [0.4, 0.5) is 19.3 Å². The van der Waals surface area contributed by atoms with Crippen LogP contribution >= 0.6 is 11.8 Å². The van der Waals surface area contributed by atoms with Crippen molar-refractivity contribution in [3.8, 4) is 0 Å². The Bertz CT molecular complexity index is 973. The maximum absolute atomic E-state index is 14.1. The number of fused-ring (bicyclic) bond motifs is 1. The fourth-order valence-electron chi connectivity index (χ4n) is 3.01. The van der Waals surface area contributed by atoms with E-state index >= 15 is 0 Å². The van der Waals surface area contributed by atoms with Crippen LogP contribution in [0, 0.1) is 11.6 Å². The lowest BCUT2D eigenvalue weighted by Crippen LogP contribution is -2.55. The minimum Gasteiger partial charge on any atom is -0.244 e. The molecule has 0 fully saturated rings. The van der Waals surface area contributed by atoms with Crippen LogP contribution in [0.3, 0.4) is 0 Å². The van der Waals surface area contributed by atoms with Gasteiger partial charge in [-0.25, -0.2) is 13.6 Å². The van der Waals surface area contributed by atoms with Crippen LogP contribution < -0.4 is 4.90 Å². The normalized spacial score (nSPS) is 19.3. The van der Waals surface area contributed by atoms with Crippen molar-refractivity contribution in [3.63, 3.8) is 0 Å². The van der Waals surface area contributed by atoms with Crippen LogP contribution in [0.15, 0.2) is 60.0 Å². The lowest BCUT2D eigenvalue weighted by Gasteiger charge is -2.24. The maximum Gasteiger partial charge on any atom is 0.506 e. The number of urea groups is 1. The molecule has 0 aromatic heterocycles. The molecule has 1 atom stereocenters. The lowest BCUT2D eigenvalue weighted by molar-refractivity contribution is -0.444. The SMILES string of the molecule is O=C1C2SC=CC2=[N+](Cc2cc(F)ccc2F)C(=O)N1c1ccccc1. The van der Waals surface area contributed by atoms with Gasteiger partial charge >= 0.3 is 11.9 Å². The molecule has 0 spiro atoms. The highest BCUT2D eigenvalue weighted by atomic mass is 32.2. The Labute approximate surface area is 152 Å². The molecule has 130 valence electrons. The largest absolute Gasteiger partial charge is 0.506 e. The van der Waals surface area contributed by atoms with Gasteiger partial charge in [0.15, 0.2) is 5.25 Å². The molecule has 2 aromatic carbocycles. The Morgan fingerprint density at radius 3 is 2.62 bits per heavy atom. The van der Waals surface area contributed by atoms with Gasteiger partial charge in [0.05, 0.1) is 0 Å². The van der Waals surface area contributed by atoms with Crippen LogP contribution in [0.2, 0.25) is 0 Å². The number of halogens is 2. The number of imide groups is 1. The fourth-order valence-corrected chi connectivity index (χ4v) is 3.95. The van der Waals surface area contributed by atoms with Crippen molar-refractivity contribution in [2.75, 3.05) is 4.90 Å². The summed E-state index contributed by atoms with van der Waals surface area (Å²) in [6.45, 7) is -0.157. The van der Waals surface area contributed by atoms with Crippen LogP contribution in [0.1, 0.15) is 5.56 Å². The first-order chi connectivity index (χ1) is 12.6.